The van der Waals surface area contributed by atoms with Crippen molar-refractivity contribution in [3.05, 3.63) is 35.4 Å². The highest BCUT2D eigenvalue weighted by Gasteiger charge is 2.17. The van der Waals surface area contributed by atoms with Gasteiger partial charge in [-0.1, -0.05) is 45.0 Å². The van der Waals surface area contributed by atoms with Crippen LogP contribution < -0.4 is 11.5 Å². The van der Waals surface area contributed by atoms with Crippen LogP contribution in [0, 0.1) is 0 Å². The second kappa shape index (κ2) is 4.66. The lowest BCUT2D eigenvalue weighted by Gasteiger charge is -2.20. The van der Waals surface area contributed by atoms with E-state index in [1.54, 1.807) is 0 Å². The van der Waals surface area contributed by atoms with E-state index in [1.165, 1.54) is 5.56 Å². The minimum absolute atomic E-state index is 0.115. The van der Waals surface area contributed by atoms with Crippen LogP contribution in [0.5, 0.6) is 0 Å². The summed E-state index contributed by atoms with van der Waals surface area (Å²) in [7, 11) is 0. The van der Waals surface area contributed by atoms with Crippen LogP contribution in [0.2, 0.25) is 0 Å². The van der Waals surface area contributed by atoms with Crippen LogP contribution in [-0.4, -0.2) is 12.5 Å². The van der Waals surface area contributed by atoms with Crippen LogP contribution in [0.15, 0.2) is 24.3 Å². The summed E-state index contributed by atoms with van der Waals surface area (Å²) >= 11 is 0. The van der Waals surface area contributed by atoms with Crippen molar-refractivity contribution < 1.29 is 4.79 Å². The van der Waals surface area contributed by atoms with E-state index in [9.17, 15) is 4.79 Å². The summed E-state index contributed by atoms with van der Waals surface area (Å²) in [5.41, 5.74) is 13.1. The van der Waals surface area contributed by atoms with E-state index in [0.717, 1.165) is 5.56 Å². The summed E-state index contributed by atoms with van der Waals surface area (Å²) in [6, 6.07) is 7.92. The Hall–Kier alpha value is -1.35. The molecule has 0 heterocycles. The molecule has 0 fully saturated rings. The Bertz CT molecular complexity index is 363. The summed E-state index contributed by atoms with van der Waals surface area (Å²) in [6.07, 6.45) is 0. The van der Waals surface area contributed by atoms with Crippen molar-refractivity contribution >= 4 is 5.91 Å². The van der Waals surface area contributed by atoms with Gasteiger partial charge in [-0.05, 0) is 16.5 Å². The predicted octanol–water partition coefficient (Wildman–Crippen LogP) is 1.51. The van der Waals surface area contributed by atoms with Crippen molar-refractivity contribution in [3.8, 4) is 0 Å². The number of benzene rings is 1. The molecule has 1 aromatic rings. The SMILES string of the molecule is CC(C)(C)c1ccc(C(CN)C(N)=O)cc1. The molecule has 16 heavy (non-hydrogen) atoms. The highest BCUT2D eigenvalue weighted by molar-refractivity contribution is 5.82. The second-order valence-electron chi connectivity index (χ2n) is 5.06. The first kappa shape index (κ1) is 12.7. The van der Waals surface area contributed by atoms with Crippen molar-refractivity contribution in [2.75, 3.05) is 6.54 Å². The van der Waals surface area contributed by atoms with Gasteiger partial charge in [-0.15, -0.1) is 0 Å². The van der Waals surface area contributed by atoms with Crippen LogP contribution in [0.1, 0.15) is 37.8 Å². The summed E-state index contributed by atoms with van der Waals surface area (Å²) in [5.74, 6) is -0.750. The fraction of sp³-hybridized carbons (Fsp3) is 0.462. The maximum Gasteiger partial charge on any atom is 0.226 e. The van der Waals surface area contributed by atoms with Gasteiger partial charge in [-0.2, -0.15) is 0 Å². The van der Waals surface area contributed by atoms with E-state index in [4.69, 9.17) is 11.5 Å². The molecule has 1 amide bonds. The molecule has 3 heteroatoms. The van der Waals surface area contributed by atoms with E-state index in [-0.39, 0.29) is 23.8 Å². The minimum atomic E-state index is -0.381. The fourth-order valence-electron chi connectivity index (χ4n) is 1.63. The van der Waals surface area contributed by atoms with Crippen LogP contribution in [-0.2, 0) is 10.2 Å². The van der Waals surface area contributed by atoms with Gasteiger partial charge in [-0.3, -0.25) is 4.79 Å². The summed E-state index contributed by atoms with van der Waals surface area (Å²) in [4.78, 5) is 11.2. The van der Waals surface area contributed by atoms with E-state index < -0.39 is 0 Å². The molecule has 0 aliphatic carbocycles. The zero-order valence-corrected chi connectivity index (χ0v) is 10.2. The molecule has 0 radical (unpaired) electrons. The molecule has 3 nitrogen and oxygen atoms in total. The Labute approximate surface area is 96.8 Å². The number of carbonyl (C=O) groups is 1. The first-order valence-corrected chi connectivity index (χ1v) is 5.46. The third-order valence-electron chi connectivity index (χ3n) is 2.76. The monoisotopic (exact) mass is 220 g/mol. The van der Waals surface area contributed by atoms with E-state index >= 15 is 0 Å². The van der Waals surface area contributed by atoms with Crippen LogP contribution in [0.4, 0.5) is 0 Å². The van der Waals surface area contributed by atoms with Crippen molar-refractivity contribution in [2.24, 2.45) is 11.5 Å². The molecule has 1 unspecified atom stereocenters. The zero-order valence-electron chi connectivity index (χ0n) is 10.2. The lowest BCUT2D eigenvalue weighted by atomic mass is 9.85. The number of rotatable bonds is 3. The van der Waals surface area contributed by atoms with E-state index in [0.29, 0.717) is 0 Å². The van der Waals surface area contributed by atoms with Gasteiger partial charge in [-0.25, -0.2) is 0 Å². The van der Waals surface area contributed by atoms with Crippen molar-refractivity contribution in [1.82, 2.24) is 0 Å². The standard InChI is InChI=1S/C13H20N2O/c1-13(2,3)10-6-4-9(5-7-10)11(8-14)12(15)16/h4-7,11H,8,14H2,1-3H3,(H2,15,16). The molecular weight excluding hydrogens is 200 g/mol. The van der Waals surface area contributed by atoms with Crippen LogP contribution >= 0.6 is 0 Å². The number of hydrogen-bond donors (Lipinski definition) is 2. The molecule has 1 aromatic carbocycles. The Morgan fingerprint density at radius 2 is 1.75 bits per heavy atom. The summed E-state index contributed by atoms with van der Waals surface area (Å²) in [5, 5.41) is 0. The number of carbonyl (C=O) groups excluding carboxylic acids is 1. The minimum Gasteiger partial charge on any atom is -0.369 e. The van der Waals surface area contributed by atoms with Crippen molar-refractivity contribution in [3.63, 3.8) is 0 Å². The fourth-order valence-corrected chi connectivity index (χ4v) is 1.63. The lowest BCUT2D eigenvalue weighted by Crippen LogP contribution is -2.27. The molecular formula is C13H20N2O. The van der Waals surface area contributed by atoms with Crippen LogP contribution in [0.25, 0.3) is 0 Å². The molecule has 0 aliphatic rings. The van der Waals surface area contributed by atoms with E-state index in [2.05, 4.69) is 20.8 Å². The van der Waals surface area contributed by atoms with Gasteiger partial charge in [0.15, 0.2) is 0 Å². The van der Waals surface area contributed by atoms with Gasteiger partial charge in [0.1, 0.15) is 0 Å². The molecule has 88 valence electrons. The zero-order chi connectivity index (χ0) is 12.3. The topological polar surface area (TPSA) is 69.1 Å². The Morgan fingerprint density at radius 3 is 2.06 bits per heavy atom. The first-order valence-electron chi connectivity index (χ1n) is 5.46. The van der Waals surface area contributed by atoms with Crippen LogP contribution in [0.3, 0.4) is 0 Å². The molecule has 1 rings (SSSR count). The Kier molecular flexibility index (Phi) is 3.70. The van der Waals surface area contributed by atoms with Gasteiger partial charge in [0.2, 0.25) is 5.91 Å². The smallest absolute Gasteiger partial charge is 0.226 e. The second-order valence-corrected chi connectivity index (χ2v) is 5.06. The first-order chi connectivity index (χ1) is 7.36. The maximum atomic E-state index is 11.2. The molecule has 0 spiro atoms. The Balaban J connectivity index is 2.98. The van der Waals surface area contributed by atoms with Gasteiger partial charge >= 0.3 is 0 Å². The molecule has 0 bridgehead atoms. The normalized spacial score (nSPS) is 13.5. The third kappa shape index (κ3) is 2.83. The molecule has 1 atom stereocenters. The number of nitrogens with two attached hydrogens (primary N) is 2. The lowest BCUT2D eigenvalue weighted by molar-refractivity contribution is -0.119. The average molecular weight is 220 g/mol. The highest BCUT2D eigenvalue weighted by atomic mass is 16.1. The van der Waals surface area contributed by atoms with Gasteiger partial charge in [0.05, 0.1) is 5.92 Å². The van der Waals surface area contributed by atoms with Crippen molar-refractivity contribution in [1.29, 1.82) is 0 Å². The summed E-state index contributed by atoms with van der Waals surface area (Å²) < 4.78 is 0. The number of primary amides is 1. The molecule has 0 aliphatic heterocycles. The molecule has 4 N–H and O–H groups in total. The third-order valence-corrected chi connectivity index (χ3v) is 2.76. The molecule has 0 saturated heterocycles. The van der Waals surface area contributed by atoms with E-state index in [1.807, 2.05) is 24.3 Å². The van der Waals surface area contributed by atoms with Crippen molar-refractivity contribution in [2.45, 2.75) is 32.1 Å². The number of amides is 1. The average Bonchev–Trinajstić information content (AvgIpc) is 2.17. The summed E-state index contributed by atoms with van der Waals surface area (Å²) in [6.45, 7) is 6.70. The molecule has 0 saturated carbocycles. The largest absolute Gasteiger partial charge is 0.369 e. The Morgan fingerprint density at radius 1 is 1.25 bits per heavy atom. The van der Waals surface area contributed by atoms with Gasteiger partial charge < -0.3 is 11.5 Å². The quantitative estimate of drug-likeness (QED) is 0.810. The number of hydrogen-bond acceptors (Lipinski definition) is 2. The molecule has 0 aromatic heterocycles. The van der Waals surface area contributed by atoms with Gasteiger partial charge in [0, 0.05) is 6.54 Å². The predicted molar refractivity (Wildman–Crippen MR) is 66.1 cm³/mol. The maximum absolute atomic E-state index is 11.2. The highest BCUT2D eigenvalue weighted by Crippen LogP contribution is 2.24. The van der Waals surface area contributed by atoms with Gasteiger partial charge in [0.25, 0.3) is 0 Å².